The van der Waals surface area contributed by atoms with E-state index in [1.807, 2.05) is 29.2 Å². The molecule has 1 atom stereocenters. The molecule has 208 valence electrons. The van der Waals surface area contributed by atoms with Gasteiger partial charge in [-0.05, 0) is 29.7 Å². The Morgan fingerprint density at radius 1 is 1.00 bits per heavy atom. The van der Waals surface area contributed by atoms with Crippen LogP contribution in [0.2, 0.25) is 0 Å². The smallest absolute Gasteiger partial charge is 0.453 e. The lowest BCUT2D eigenvalue weighted by Gasteiger charge is -2.29. The van der Waals surface area contributed by atoms with Crippen LogP contribution < -0.4 is 4.74 Å². The molecule has 1 aliphatic carbocycles. The zero-order valence-electron chi connectivity index (χ0n) is 21.5. The molecule has 1 fully saturated rings. The molecule has 2 aliphatic heterocycles. The molecular formula is C28H26F3N5O4. The van der Waals surface area contributed by atoms with Gasteiger partial charge in [0.05, 0.1) is 32.1 Å². The highest BCUT2D eigenvalue weighted by atomic mass is 19.4. The van der Waals surface area contributed by atoms with Crippen molar-refractivity contribution in [3.05, 3.63) is 76.4 Å². The van der Waals surface area contributed by atoms with Crippen molar-refractivity contribution in [1.29, 1.82) is 0 Å². The van der Waals surface area contributed by atoms with E-state index in [9.17, 15) is 27.6 Å². The molecule has 1 amide bonds. The first-order valence-electron chi connectivity index (χ1n) is 13.1. The Hall–Kier alpha value is -4.06. The summed E-state index contributed by atoms with van der Waals surface area (Å²) in [5, 5.41) is 3.58. The van der Waals surface area contributed by atoms with Crippen molar-refractivity contribution in [3.63, 3.8) is 0 Å². The Bertz CT molecular complexity index is 1500. The van der Waals surface area contributed by atoms with Gasteiger partial charge in [0.15, 0.2) is 5.78 Å². The zero-order valence-corrected chi connectivity index (χ0v) is 21.5. The van der Waals surface area contributed by atoms with Gasteiger partial charge in [0.25, 0.3) is 11.7 Å². The largest absolute Gasteiger partial charge is 0.489 e. The highest BCUT2D eigenvalue weighted by Gasteiger charge is 2.40. The third-order valence-corrected chi connectivity index (χ3v) is 7.56. The Morgan fingerprint density at radius 3 is 2.60 bits per heavy atom. The molecule has 40 heavy (non-hydrogen) atoms. The number of hydrogen-bond donors (Lipinski definition) is 0. The predicted molar refractivity (Wildman–Crippen MR) is 134 cm³/mol. The number of ketones is 2. The molecule has 0 radical (unpaired) electrons. The number of halogens is 3. The van der Waals surface area contributed by atoms with Gasteiger partial charge in [0.2, 0.25) is 0 Å². The normalized spacial score (nSPS) is 19.6. The second-order valence-electron chi connectivity index (χ2n) is 10.3. The molecule has 1 aromatic heterocycles. The van der Waals surface area contributed by atoms with E-state index in [-0.39, 0.29) is 43.6 Å². The van der Waals surface area contributed by atoms with E-state index in [1.54, 1.807) is 23.1 Å². The minimum atomic E-state index is -4.57. The standard InChI is InChI=1S/C28H26F3N5O4/c29-28(30,31)27-32-25-15-34(9-10-36(25)33-27)13-17-3-1-4-18(11-17)16-40-24-6-2-5-20-21(24)14-35(26(20)39)22-8-7-19(37)12-23(22)38/h1-6,11,22H,7-10,12-16H2. The number of aromatic nitrogens is 3. The molecule has 1 unspecified atom stereocenters. The Morgan fingerprint density at radius 2 is 1.80 bits per heavy atom. The predicted octanol–water partition coefficient (Wildman–Crippen LogP) is 3.54. The van der Waals surface area contributed by atoms with Crippen LogP contribution in [0, 0.1) is 0 Å². The van der Waals surface area contributed by atoms with Crippen LogP contribution >= 0.6 is 0 Å². The SMILES string of the molecule is O=C1CCC(N2Cc3c(OCc4cccc(CN5CCn6nc(C(F)(F)F)nc6C5)c4)cccc3C2=O)C(=O)C1. The first kappa shape index (κ1) is 26.2. The Balaban J connectivity index is 1.10. The fraction of sp³-hybridized carbons (Fsp3) is 0.393. The second kappa shape index (κ2) is 10.2. The minimum Gasteiger partial charge on any atom is -0.489 e. The lowest BCUT2D eigenvalue weighted by Crippen LogP contribution is -2.44. The fourth-order valence-electron chi connectivity index (χ4n) is 5.58. The summed E-state index contributed by atoms with van der Waals surface area (Å²) in [6, 6.07) is 12.4. The van der Waals surface area contributed by atoms with Crippen molar-refractivity contribution in [1.82, 2.24) is 24.6 Å². The Kier molecular flexibility index (Phi) is 6.65. The van der Waals surface area contributed by atoms with E-state index in [2.05, 4.69) is 10.1 Å². The summed E-state index contributed by atoms with van der Waals surface area (Å²) in [4.78, 5) is 44.4. The van der Waals surface area contributed by atoms with Crippen LogP contribution in [0.1, 0.15) is 58.0 Å². The molecule has 3 aromatic rings. The van der Waals surface area contributed by atoms with Crippen LogP contribution in [0.25, 0.3) is 0 Å². The summed E-state index contributed by atoms with van der Waals surface area (Å²) in [5.74, 6) is -0.784. The van der Waals surface area contributed by atoms with Gasteiger partial charge < -0.3 is 9.64 Å². The number of carbonyl (C=O) groups excluding carboxylic acids is 3. The number of rotatable bonds is 6. The highest BCUT2D eigenvalue weighted by Crippen LogP contribution is 2.35. The van der Waals surface area contributed by atoms with Crippen molar-refractivity contribution in [2.45, 2.75) is 64.3 Å². The maximum Gasteiger partial charge on any atom is 0.453 e. The minimum absolute atomic E-state index is 0.0872. The van der Waals surface area contributed by atoms with Crippen molar-refractivity contribution in [3.8, 4) is 5.75 Å². The molecule has 0 N–H and O–H groups in total. The first-order valence-corrected chi connectivity index (χ1v) is 13.1. The number of alkyl halides is 3. The van der Waals surface area contributed by atoms with Gasteiger partial charge in [0, 0.05) is 30.6 Å². The van der Waals surface area contributed by atoms with Gasteiger partial charge in [-0.25, -0.2) is 9.67 Å². The van der Waals surface area contributed by atoms with Crippen molar-refractivity contribution in [2.24, 2.45) is 0 Å². The Labute approximate surface area is 227 Å². The van der Waals surface area contributed by atoms with Crippen molar-refractivity contribution in [2.75, 3.05) is 6.54 Å². The quantitative estimate of drug-likeness (QED) is 0.431. The lowest BCUT2D eigenvalue weighted by molar-refractivity contribution is -0.145. The van der Waals surface area contributed by atoms with Crippen LogP contribution in [0.15, 0.2) is 42.5 Å². The topological polar surface area (TPSA) is 97.6 Å². The number of amides is 1. The summed E-state index contributed by atoms with van der Waals surface area (Å²) >= 11 is 0. The lowest BCUT2D eigenvalue weighted by atomic mass is 9.92. The van der Waals surface area contributed by atoms with Crippen molar-refractivity contribution < 1.29 is 32.3 Å². The van der Waals surface area contributed by atoms with E-state index in [1.165, 1.54) is 4.68 Å². The molecular weight excluding hydrogens is 527 g/mol. The molecule has 2 aromatic carbocycles. The summed E-state index contributed by atoms with van der Waals surface area (Å²) in [6.45, 7) is 2.18. The van der Waals surface area contributed by atoms with Gasteiger partial charge in [0.1, 0.15) is 24.0 Å². The number of nitrogens with zero attached hydrogens (tertiary/aromatic N) is 5. The molecule has 0 spiro atoms. The molecule has 6 rings (SSSR count). The third-order valence-electron chi connectivity index (χ3n) is 7.56. The fourth-order valence-corrected chi connectivity index (χ4v) is 5.58. The molecule has 0 saturated heterocycles. The summed E-state index contributed by atoms with van der Waals surface area (Å²) < 4.78 is 46.4. The average Bonchev–Trinajstić information content (AvgIpc) is 3.49. The highest BCUT2D eigenvalue weighted by molar-refractivity contribution is 6.07. The van der Waals surface area contributed by atoms with Crippen LogP contribution in [0.5, 0.6) is 5.75 Å². The van der Waals surface area contributed by atoms with Gasteiger partial charge in [-0.3, -0.25) is 19.3 Å². The number of hydrogen-bond acceptors (Lipinski definition) is 7. The van der Waals surface area contributed by atoms with E-state index in [0.29, 0.717) is 49.6 Å². The van der Waals surface area contributed by atoms with Gasteiger partial charge >= 0.3 is 6.18 Å². The van der Waals surface area contributed by atoms with Crippen LogP contribution in [-0.4, -0.2) is 54.6 Å². The molecule has 1 saturated carbocycles. The zero-order chi connectivity index (χ0) is 28.0. The molecule has 9 nitrogen and oxygen atoms in total. The number of fused-ring (bicyclic) bond motifs is 2. The summed E-state index contributed by atoms with van der Waals surface area (Å²) in [7, 11) is 0. The number of carbonyl (C=O) groups is 3. The van der Waals surface area contributed by atoms with Crippen molar-refractivity contribution >= 4 is 17.5 Å². The molecule has 0 bridgehead atoms. The number of ether oxygens (including phenoxy) is 1. The molecule has 3 heterocycles. The number of Topliss-reactive ketones (excluding diaryl/α,β-unsaturated/α-hetero) is 2. The number of benzene rings is 2. The molecule has 3 aliphatic rings. The van der Waals surface area contributed by atoms with Crippen LogP contribution in [0.3, 0.4) is 0 Å². The summed E-state index contributed by atoms with van der Waals surface area (Å²) in [6.07, 6.45) is -4.06. The average molecular weight is 554 g/mol. The summed E-state index contributed by atoms with van der Waals surface area (Å²) in [5.41, 5.74) is 3.11. The maximum absolute atomic E-state index is 13.1. The van der Waals surface area contributed by atoms with Gasteiger partial charge in [-0.2, -0.15) is 13.2 Å². The van der Waals surface area contributed by atoms with Gasteiger partial charge in [-0.1, -0.05) is 30.3 Å². The molecule has 12 heteroatoms. The second-order valence-corrected chi connectivity index (χ2v) is 10.3. The van der Waals surface area contributed by atoms with E-state index in [0.717, 1.165) is 16.7 Å². The van der Waals surface area contributed by atoms with Crippen LogP contribution in [-0.2, 0) is 48.6 Å². The maximum atomic E-state index is 13.1. The first-order chi connectivity index (χ1) is 19.2. The van der Waals surface area contributed by atoms with E-state index < -0.39 is 18.0 Å². The van der Waals surface area contributed by atoms with Crippen LogP contribution in [0.4, 0.5) is 13.2 Å². The van der Waals surface area contributed by atoms with E-state index in [4.69, 9.17) is 4.74 Å². The monoisotopic (exact) mass is 553 g/mol. The van der Waals surface area contributed by atoms with Gasteiger partial charge in [-0.15, -0.1) is 5.10 Å². The van der Waals surface area contributed by atoms with E-state index >= 15 is 0 Å². The third kappa shape index (κ3) is 5.10.